The average Bonchev–Trinajstić information content (AvgIpc) is 2.81. The maximum absolute atomic E-state index is 5.77. The van der Waals surface area contributed by atoms with Gasteiger partial charge in [-0.3, -0.25) is 0 Å². The molecule has 0 aliphatic heterocycles. The highest BCUT2D eigenvalue weighted by atomic mass is 15.3. The summed E-state index contributed by atoms with van der Waals surface area (Å²) < 4.78 is 2.17. The molecule has 2 N–H and O–H groups in total. The first-order valence-electron chi connectivity index (χ1n) is 7.11. The topological polar surface area (TPSA) is 56.7 Å². The van der Waals surface area contributed by atoms with Gasteiger partial charge in [0, 0.05) is 12.0 Å². The molecule has 1 aromatic carbocycles. The Morgan fingerprint density at radius 2 is 1.70 bits per heavy atom. The van der Waals surface area contributed by atoms with Gasteiger partial charge in [-0.25, -0.2) is 0 Å². The minimum atomic E-state index is -0.0424. The molecule has 1 aromatic heterocycles. The van der Waals surface area contributed by atoms with Crippen molar-refractivity contribution in [1.82, 2.24) is 14.8 Å². The van der Waals surface area contributed by atoms with E-state index in [0.717, 1.165) is 24.5 Å². The van der Waals surface area contributed by atoms with Crippen LogP contribution in [0.25, 0.3) is 0 Å². The maximum Gasteiger partial charge on any atom is 0.147 e. The second-order valence-corrected chi connectivity index (χ2v) is 6.17. The van der Waals surface area contributed by atoms with Crippen molar-refractivity contribution in [3.63, 3.8) is 0 Å². The molecule has 0 aliphatic carbocycles. The fourth-order valence-corrected chi connectivity index (χ4v) is 2.56. The van der Waals surface area contributed by atoms with Crippen molar-refractivity contribution in [1.29, 1.82) is 0 Å². The molecule has 0 radical (unpaired) electrons. The first-order valence-corrected chi connectivity index (χ1v) is 7.11. The largest absolute Gasteiger partial charge is 0.324 e. The summed E-state index contributed by atoms with van der Waals surface area (Å²) in [5.74, 6) is 1.87. The molecule has 2 aromatic rings. The highest BCUT2D eigenvalue weighted by molar-refractivity contribution is 5.26. The van der Waals surface area contributed by atoms with Crippen molar-refractivity contribution >= 4 is 0 Å². The van der Waals surface area contributed by atoms with Gasteiger partial charge in [-0.15, -0.1) is 10.2 Å². The standard InChI is InChI=1S/C16H24N4/c1-12-7-5-6-8-13(12)9-10-14-18-19-15(11-17)20(14)16(2,3)4/h5-8H,9-11,17H2,1-4H3. The zero-order valence-corrected chi connectivity index (χ0v) is 12.8. The van der Waals surface area contributed by atoms with E-state index in [1.54, 1.807) is 0 Å². The normalized spacial score (nSPS) is 11.8. The van der Waals surface area contributed by atoms with E-state index in [2.05, 4.69) is 66.7 Å². The number of hydrogen-bond acceptors (Lipinski definition) is 3. The molecule has 4 heteroatoms. The van der Waals surface area contributed by atoms with E-state index in [1.165, 1.54) is 11.1 Å². The van der Waals surface area contributed by atoms with Crippen molar-refractivity contribution in [3.8, 4) is 0 Å². The predicted molar refractivity (Wildman–Crippen MR) is 81.5 cm³/mol. The molecule has 4 nitrogen and oxygen atoms in total. The van der Waals surface area contributed by atoms with Gasteiger partial charge in [0.05, 0.1) is 6.54 Å². The molecular weight excluding hydrogens is 248 g/mol. The smallest absolute Gasteiger partial charge is 0.147 e. The minimum absolute atomic E-state index is 0.0424. The monoisotopic (exact) mass is 272 g/mol. The Kier molecular flexibility index (Phi) is 4.23. The maximum atomic E-state index is 5.77. The molecule has 1 heterocycles. The van der Waals surface area contributed by atoms with Crippen LogP contribution in [0.3, 0.4) is 0 Å². The third-order valence-corrected chi connectivity index (χ3v) is 3.53. The zero-order chi connectivity index (χ0) is 14.8. The summed E-state index contributed by atoms with van der Waals surface area (Å²) in [6.45, 7) is 9.05. The Labute approximate surface area is 121 Å². The molecule has 0 atom stereocenters. The van der Waals surface area contributed by atoms with E-state index >= 15 is 0 Å². The Hall–Kier alpha value is -1.68. The van der Waals surface area contributed by atoms with Gasteiger partial charge >= 0.3 is 0 Å². The van der Waals surface area contributed by atoms with Gasteiger partial charge in [-0.2, -0.15) is 0 Å². The molecule has 0 amide bonds. The van der Waals surface area contributed by atoms with Crippen molar-refractivity contribution in [2.24, 2.45) is 5.73 Å². The lowest BCUT2D eigenvalue weighted by Crippen LogP contribution is -2.27. The van der Waals surface area contributed by atoms with Gasteiger partial charge < -0.3 is 10.3 Å². The lowest BCUT2D eigenvalue weighted by Gasteiger charge is -2.24. The number of nitrogens with zero attached hydrogens (tertiary/aromatic N) is 3. The van der Waals surface area contributed by atoms with Gasteiger partial charge in [-0.1, -0.05) is 24.3 Å². The summed E-state index contributed by atoms with van der Waals surface area (Å²) in [7, 11) is 0. The molecule has 0 unspecified atom stereocenters. The van der Waals surface area contributed by atoms with Gasteiger partial charge in [-0.05, 0) is 45.2 Å². The lowest BCUT2D eigenvalue weighted by atomic mass is 10.0. The van der Waals surface area contributed by atoms with Gasteiger partial charge in [0.2, 0.25) is 0 Å². The second-order valence-electron chi connectivity index (χ2n) is 6.17. The number of benzene rings is 1. The van der Waals surface area contributed by atoms with Crippen LogP contribution in [0.4, 0.5) is 0 Å². The number of aromatic nitrogens is 3. The van der Waals surface area contributed by atoms with Crippen molar-refractivity contribution in [2.45, 2.75) is 52.6 Å². The van der Waals surface area contributed by atoms with E-state index in [9.17, 15) is 0 Å². The molecule has 108 valence electrons. The van der Waals surface area contributed by atoms with Gasteiger partial charge in [0.25, 0.3) is 0 Å². The fraction of sp³-hybridized carbons (Fsp3) is 0.500. The summed E-state index contributed by atoms with van der Waals surface area (Å²) in [5, 5.41) is 8.55. The fourth-order valence-electron chi connectivity index (χ4n) is 2.56. The Balaban J connectivity index is 2.22. The summed E-state index contributed by atoms with van der Waals surface area (Å²) in [5.41, 5.74) is 8.42. The summed E-state index contributed by atoms with van der Waals surface area (Å²) in [4.78, 5) is 0. The predicted octanol–water partition coefficient (Wildman–Crippen LogP) is 2.59. The van der Waals surface area contributed by atoms with Crippen LogP contribution in [0.2, 0.25) is 0 Å². The molecule has 20 heavy (non-hydrogen) atoms. The number of hydrogen-bond donors (Lipinski definition) is 1. The summed E-state index contributed by atoms with van der Waals surface area (Å²) in [6, 6.07) is 8.48. The SMILES string of the molecule is Cc1ccccc1CCc1nnc(CN)n1C(C)(C)C. The van der Waals surface area contributed by atoms with Crippen LogP contribution in [-0.4, -0.2) is 14.8 Å². The van der Waals surface area contributed by atoms with Crippen LogP contribution in [0.5, 0.6) is 0 Å². The van der Waals surface area contributed by atoms with Crippen LogP contribution in [0, 0.1) is 6.92 Å². The summed E-state index contributed by atoms with van der Waals surface area (Å²) in [6.07, 6.45) is 1.86. The molecule has 0 aliphatic rings. The average molecular weight is 272 g/mol. The molecule has 0 bridgehead atoms. The Morgan fingerprint density at radius 1 is 1.05 bits per heavy atom. The molecule has 0 saturated heterocycles. The summed E-state index contributed by atoms with van der Waals surface area (Å²) >= 11 is 0. The highest BCUT2D eigenvalue weighted by Gasteiger charge is 2.21. The van der Waals surface area contributed by atoms with E-state index in [0.29, 0.717) is 6.54 Å². The van der Waals surface area contributed by atoms with Crippen molar-refractivity contribution < 1.29 is 0 Å². The van der Waals surface area contributed by atoms with Crippen molar-refractivity contribution in [3.05, 3.63) is 47.0 Å². The van der Waals surface area contributed by atoms with Crippen LogP contribution < -0.4 is 5.73 Å². The number of aryl methyl sites for hydroxylation is 3. The number of nitrogens with two attached hydrogens (primary N) is 1. The first-order chi connectivity index (χ1) is 9.43. The van der Waals surface area contributed by atoms with E-state index in [-0.39, 0.29) is 5.54 Å². The third kappa shape index (κ3) is 3.07. The first kappa shape index (κ1) is 14.7. The molecule has 0 spiro atoms. The van der Waals surface area contributed by atoms with Crippen LogP contribution in [0.1, 0.15) is 43.5 Å². The molecule has 2 rings (SSSR count). The van der Waals surface area contributed by atoms with E-state index < -0.39 is 0 Å². The van der Waals surface area contributed by atoms with Crippen LogP contribution in [-0.2, 0) is 24.9 Å². The van der Waals surface area contributed by atoms with Crippen molar-refractivity contribution in [2.75, 3.05) is 0 Å². The Bertz CT molecular complexity index is 578. The molecule has 0 fully saturated rings. The molecule has 0 saturated carbocycles. The second kappa shape index (κ2) is 5.75. The Morgan fingerprint density at radius 3 is 2.30 bits per heavy atom. The highest BCUT2D eigenvalue weighted by Crippen LogP contribution is 2.20. The quantitative estimate of drug-likeness (QED) is 0.930. The van der Waals surface area contributed by atoms with Gasteiger partial charge in [0.1, 0.15) is 11.6 Å². The minimum Gasteiger partial charge on any atom is -0.324 e. The van der Waals surface area contributed by atoms with E-state index in [4.69, 9.17) is 5.73 Å². The van der Waals surface area contributed by atoms with Crippen LogP contribution in [0.15, 0.2) is 24.3 Å². The number of rotatable bonds is 4. The van der Waals surface area contributed by atoms with Gasteiger partial charge in [0.15, 0.2) is 0 Å². The molecular formula is C16H24N4. The third-order valence-electron chi connectivity index (χ3n) is 3.53. The van der Waals surface area contributed by atoms with Crippen LogP contribution >= 0.6 is 0 Å². The lowest BCUT2D eigenvalue weighted by molar-refractivity contribution is 0.369. The van der Waals surface area contributed by atoms with E-state index in [1.807, 2.05) is 0 Å². The zero-order valence-electron chi connectivity index (χ0n) is 12.8.